The molecule has 4 saturated carbocycles. The van der Waals surface area contributed by atoms with Crippen molar-refractivity contribution in [2.45, 2.75) is 125 Å². The molecule has 0 heterocycles. The number of hydrogen-bond acceptors (Lipinski definition) is 7. The maximum Gasteiger partial charge on any atom is 0.333 e. The molecule has 0 aromatic rings. The Balaban J connectivity index is 1.58. The van der Waals surface area contributed by atoms with Crippen molar-refractivity contribution in [3.05, 3.63) is 23.3 Å². The summed E-state index contributed by atoms with van der Waals surface area (Å²) in [7, 11) is 0. The van der Waals surface area contributed by atoms with Crippen LogP contribution in [0, 0.1) is 50.2 Å². The molecule has 5 aliphatic rings. The van der Waals surface area contributed by atoms with Gasteiger partial charge < -0.3 is 30.3 Å². The number of fused-ring (bicyclic) bond motifs is 7. The van der Waals surface area contributed by atoms with E-state index in [1.165, 1.54) is 5.57 Å². The van der Waals surface area contributed by atoms with E-state index in [9.17, 15) is 30.3 Å². The largest absolute Gasteiger partial charge is 0.456 e. The van der Waals surface area contributed by atoms with Crippen LogP contribution in [0.5, 0.6) is 0 Å². The lowest BCUT2D eigenvalue weighted by molar-refractivity contribution is -0.262. The average molecular weight is 589 g/mol. The van der Waals surface area contributed by atoms with Crippen LogP contribution < -0.4 is 0 Å². The van der Waals surface area contributed by atoms with Crippen molar-refractivity contribution in [1.29, 1.82) is 0 Å². The number of esters is 1. The van der Waals surface area contributed by atoms with Crippen LogP contribution >= 0.6 is 0 Å². The SMILES string of the molecule is C/C=C(/C)C(=O)OC1C(O)[C@]2(CO)C(O)C[C@]3(C)C(=CC[C@@H]4[C@@]5(C)CCC(O)[C@@](C)(CO)[C@@H]5CC[C@]43C)[C@@H]2CC1(C)C. The Morgan fingerprint density at radius 1 is 0.952 bits per heavy atom. The van der Waals surface area contributed by atoms with Crippen molar-refractivity contribution in [2.75, 3.05) is 13.2 Å². The van der Waals surface area contributed by atoms with Crippen LogP contribution in [-0.2, 0) is 9.53 Å². The van der Waals surface area contributed by atoms with E-state index in [0.29, 0.717) is 30.8 Å². The van der Waals surface area contributed by atoms with Crippen LogP contribution in [-0.4, -0.2) is 69.1 Å². The van der Waals surface area contributed by atoms with Crippen LogP contribution in [0.2, 0.25) is 0 Å². The molecular formula is C35H56O7. The predicted octanol–water partition coefficient (Wildman–Crippen LogP) is 4.54. The number of allylic oxidation sites excluding steroid dienone is 3. The minimum Gasteiger partial charge on any atom is -0.456 e. The maximum atomic E-state index is 12.9. The second-order valence-electron chi connectivity index (χ2n) is 16.5. The highest BCUT2D eigenvalue weighted by atomic mass is 16.6. The monoisotopic (exact) mass is 588 g/mol. The van der Waals surface area contributed by atoms with Crippen molar-refractivity contribution in [3.63, 3.8) is 0 Å². The Bertz CT molecular complexity index is 1160. The number of hydrogen-bond donors (Lipinski definition) is 5. The first-order valence-electron chi connectivity index (χ1n) is 16.2. The van der Waals surface area contributed by atoms with Gasteiger partial charge in [0, 0.05) is 16.4 Å². The Kier molecular flexibility index (Phi) is 7.76. The molecule has 0 radical (unpaired) electrons. The number of carbonyl (C=O) groups is 1. The Morgan fingerprint density at radius 2 is 1.62 bits per heavy atom. The first-order valence-corrected chi connectivity index (χ1v) is 16.2. The number of aliphatic hydroxyl groups excluding tert-OH is 5. The molecule has 7 nitrogen and oxygen atoms in total. The summed E-state index contributed by atoms with van der Waals surface area (Å²) in [6.07, 6.45) is 5.72. The van der Waals surface area contributed by atoms with Gasteiger partial charge in [0.15, 0.2) is 0 Å². The molecule has 238 valence electrons. The zero-order chi connectivity index (χ0) is 31.3. The fraction of sp³-hybridized carbons (Fsp3) is 0.857. The number of carbonyl (C=O) groups excluding carboxylic acids is 1. The van der Waals surface area contributed by atoms with Gasteiger partial charge in [0.2, 0.25) is 0 Å². The normalized spacial score (nSPS) is 51.8. The van der Waals surface area contributed by atoms with Crippen LogP contribution in [0.1, 0.15) is 100 Å². The standard InChI is InChI=1S/C35H56O7/c1-9-20(2)29(41)42-28-27(40)35(19-37)22(16-30(28,3)4)21-10-11-24-31(5)14-13-25(38)32(6,18-36)23(31)12-15-33(24,7)34(21,8)17-26(35)39/h9-10,22-28,36-40H,11-19H2,1-8H3/b20-9-/t22-,23+,24+,25?,26?,27?,28?,31-,32-,33+,34+,35-/m0/s1. The van der Waals surface area contributed by atoms with Gasteiger partial charge in [0.05, 0.1) is 30.8 Å². The third-order valence-corrected chi connectivity index (χ3v) is 14.5. The molecule has 12 atom stereocenters. The van der Waals surface area contributed by atoms with E-state index < -0.39 is 53.2 Å². The van der Waals surface area contributed by atoms with Crippen molar-refractivity contribution in [2.24, 2.45) is 50.2 Å². The Labute approximate surface area is 252 Å². The lowest BCUT2D eigenvalue weighted by atomic mass is 9.33. The van der Waals surface area contributed by atoms with Crippen molar-refractivity contribution < 1.29 is 35.1 Å². The number of aliphatic hydroxyl groups is 5. The molecule has 4 fully saturated rings. The second-order valence-corrected chi connectivity index (χ2v) is 16.5. The number of rotatable bonds is 4. The lowest BCUT2D eigenvalue weighted by Gasteiger charge is -2.72. The molecule has 42 heavy (non-hydrogen) atoms. The Morgan fingerprint density at radius 3 is 2.21 bits per heavy atom. The third kappa shape index (κ3) is 3.92. The summed E-state index contributed by atoms with van der Waals surface area (Å²) in [6, 6.07) is 0. The van der Waals surface area contributed by atoms with Gasteiger partial charge in [-0.2, -0.15) is 0 Å². The summed E-state index contributed by atoms with van der Waals surface area (Å²) in [5.74, 6) is -0.241. The number of ether oxygens (including phenoxy) is 1. The first-order chi connectivity index (χ1) is 19.4. The highest BCUT2D eigenvalue weighted by molar-refractivity contribution is 5.87. The van der Waals surface area contributed by atoms with Gasteiger partial charge in [-0.1, -0.05) is 59.3 Å². The summed E-state index contributed by atoms with van der Waals surface area (Å²) < 4.78 is 5.93. The summed E-state index contributed by atoms with van der Waals surface area (Å²) >= 11 is 0. The van der Waals surface area contributed by atoms with E-state index in [0.717, 1.165) is 25.7 Å². The molecule has 4 unspecified atom stereocenters. The zero-order valence-electron chi connectivity index (χ0n) is 27.1. The highest BCUT2D eigenvalue weighted by Crippen LogP contribution is 2.75. The smallest absolute Gasteiger partial charge is 0.333 e. The summed E-state index contributed by atoms with van der Waals surface area (Å²) in [4.78, 5) is 12.9. The molecule has 0 saturated heterocycles. The van der Waals surface area contributed by atoms with E-state index in [1.54, 1.807) is 19.9 Å². The molecule has 5 N–H and O–H groups in total. The molecule has 7 heteroatoms. The summed E-state index contributed by atoms with van der Waals surface area (Å²) in [5, 5.41) is 56.6. The molecule has 0 aromatic carbocycles. The molecular weight excluding hydrogens is 532 g/mol. The minimum absolute atomic E-state index is 0.0255. The van der Waals surface area contributed by atoms with Gasteiger partial charge in [-0.15, -0.1) is 0 Å². The van der Waals surface area contributed by atoms with E-state index in [4.69, 9.17) is 4.74 Å². The minimum atomic E-state index is -1.23. The highest BCUT2D eigenvalue weighted by Gasteiger charge is 2.72. The quantitative estimate of drug-likeness (QED) is 0.185. The average Bonchev–Trinajstić information content (AvgIpc) is 2.93. The molecule has 0 aromatic heterocycles. The molecule has 0 bridgehead atoms. The molecule has 0 aliphatic heterocycles. The molecule has 0 amide bonds. The summed E-state index contributed by atoms with van der Waals surface area (Å²) in [5.41, 5.74) is -1.25. The van der Waals surface area contributed by atoms with Gasteiger partial charge in [0.1, 0.15) is 12.2 Å². The van der Waals surface area contributed by atoms with E-state index >= 15 is 0 Å². The van der Waals surface area contributed by atoms with Gasteiger partial charge in [-0.25, -0.2) is 4.79 Å². The van der Waals surface area contributed by atoms with Crippen molar-refractivity contribution in [3.8, 4) is 0 Å². The van der Waals surface area contributed by atoms with Gasteiger partial charge >= 0.3 is 5.97 Å². The maximum absolute atomic E-state index is 12.9. The Hall–Kier alpha value is -1.25. The third-order valence-electron chi connectivity index (χ3n) is 14.5. The van der Waals surface area contributed by atoms with Crippen molar-refractivity contribution >= 4 is 5.97 Å². The molecule has 0 spiro atoms. The van der Waals surface area contributed by atoms with Gasteiger partial charge in [0.25, 0.3) is 0 Å². The summed E-state index contributed by atoms with van der Waals surface area (Å²) in [6.45, 7) is 16.2. The fourth-order valence-corrected chi connectivity index (χ4v) is 11.5. The van der Waals surface area contributed by atoms with Crippen LogP contribution in [0.15, 0.2) is 23.3 Å². The van der Waals surface area contributed by atoms with Crippen molar-refractivity contribution in [1.82, 2.24) is 0 Å². The van der Waals surface area contributed by atoms with E-state index in [1.807, 2.05) is 13.8 Å². The lowest BCUT2D eigenvalue weighted by Crippen LogP contribution is -2.72. The van der Waals surface area contributed by atoms with Gasteiger partial charge in [-0.05, 0) is 92.8 Å². The van der Waals surface area contributed by atoms with Gasteiger partial charge in [-0.3, -0.25) is 0 Å². The zero-order valence-corrected chi connectivity index (χ0v) is 27.1. The van der Waals surface area contributed by atoms with Crippen LogP contribution in [0.4, 0.5) is 0 Å². The fourth-order valence-electron chi connectivity index (χ4n) is 11.5. The topological polar surface area (TPSA) is 127 Å². The first kappa shape index (κ1) is 32.2. The molecule has 5 rings (SSSR count). The predicted molar refractivity (Wildman–Crippen MR) is 161 cm³/mol. The molecule has 5 aliphatic carbocycles. The van der Waals surface area contributed by atoms with Crippen LogP contribution in [0.25, 0.3) is 0 Å². The van der Waals surface area contributed by atoms with Crippen LogP contribution in [0.3, 0.4) is 0 Å². The second kappa shape index (κ2) is 10.1. The van der Waals surface area contributed by atoms with E-state index in [-0.39, 0.29) is 34.7 Å². The van der Waals surface area contributed by atoms with E-state index in [2.05, 4.69) is 33.8 Å².